The van der Waals surface area contributed by atoms with Crippen molar-refractivity contribution in [1.29, 1.82) is 0 Å². The summed E-state index contributed by atoms with van der Waals surface area (Å²) in [5, 5.41) is 0. The zero-order valence-corrected chi connectivity index (χ0v) is 12.7. The van der Waals surface area contributed by atoms with Crippen LogP contribution in [0.25, 0.3) is 11.3 Å². The minimum Gasteiger partial charge on any atom is -0.496 e. The molecule has 0 aliphatic heterocycles. The lowest BCUT2D eigenvalue weighted by Gasteiger charge is -2.17. The second-order valence-electron chi connectivity index (χ2n) is 5.26. The van der Waals surface area contributed by atoms with Crippen molar-refractivity contribution in [2.75, 3.05) is 12.8 Å². The molecule has 1 aromatic carbocycles. The highest BCUT2D eigenvalue weighted by atomic mass is 16.5. The van der Waals surface area contributed by atoms with Gasteiger partial charge < -0.3 is 10.5 Å². The van der Waals surface area contributed by atoms with Crippen molar-refractivity contribution in [3.05, 3.63) is 35.2 Å². The van der Waals surface area contributed by atoms with Crippen LogP contribution in [0.4, 0.5) is 5.82 Å². The number of aryl methyl sites for hydroxylation is 1. The Balaban J connectivity index is 2.76. The molecule has 0 saturated carbocycles. The molecule has 2 rings (SSSR count). The van der Waals surface area contributed by atoms with Crippen molar-refractivity contribution in [2.45, 2.75) is 33.6 Å². The van der Waals surface area contributed by atoms with E-state index in [0.717, 1.165) is 28.1 Å². The van der Waals surface area contributed by atoms with E-state index >= 15 is 0 Å². The summed E-state index contributed by atoms with van der Waals surface area (Å²) >= 11 is 0. The summed E-state index contributed by atoms with van der Waals surface area (Å²) in [5.74, 6) is 1.63. The standard InChI is InChI=1S/C16H21N3O/c1-9(2)13-14(18-8-19-16(13)17)12-7-6-10(3)11(4)15(12)20-5/h6-9H,1-5H3,(H2,17,18,19). The Hall–Kier alpha value is -2.10. The van der Waals surface area contributed by atoms with E-state index in [9.17, 15) is 0 Å². The maximum atomic E-state index is 6.03. The first-order chi connectivity index (χ1) is 9.47. The Morgan fingerprint density at radius 1 is 1.15 bits per heavy atom. The van der Waals surface area contributed by atoms with E-state index in [-0.39, 0.29) is 5.92 Å². The Labute approximate surface area is 120 Å². The summed E-state index contributed by atoms with van der Waals surface area (Å²) in [6.07, 6.45) is 1.51. The first-order valence-corrected chi connectivity index (χ1v) is 6.72. The number of nitrogen functional groups attached to an aromatic ring is 1. The molecule has 2 aromatic rings. The zero-order valence-electron chi connectivity index (χ0n) is 12.7. The molecular weight excluding hydrogens is 250 g/mol. The van der Waals surface area contributed by atoms with Crippen LogP contribution in [0.3, 0.4) is 0 Å². The van der Waals surface area contributed by atoms with E-state index in [0.29, 0.717) is 5.82 Å². The Morgan fingerprint density at radius 2 is 1.85 bits per heavy atom. The number of rotatable bonds is 3. The molecule has 0 atom stereocenters. The summed E-state index contributed by atoms with van der Waals surface area (Å²) in [6, 6.07) is 4.12. The van der Waals surface area contributed by atoms with Gasteiger partial charge in [0.1, 0.15) is 17.9 Å². The number of benzene rings is 1. The van der Waals surface area contributed by atoms with Gasteiger partial charge in [-0.2, -0.15) is 0 Å². The van der Waals surface area contributed by atoms with Gasteiger partial charge in [0.25, 0.3) is 0 Å². The molecule has 0 bridgehead atoms. The first kappa shape index (κ1) is 14.3. The van der Waals surface area contributed by atoms with Crippen LogP contribution in [-0.2, 0) is 0 Å². The smallest absolute Gasteiger partial charge is 0.131 e. The van der Waals surface area contributed by atoms with Crippen LogP contribution in [0.5, 0.6) is 5.75 Å². The molecule has 0 spiro atoms. The number of hydrogen-bond acceptors (Lipinski definition) is 4. The third-order valence-corrected chi connectivity index (χ3v) is 3.63. The highest BCUT2D eigenvalue weighted by Crippen LogP contribution is 2.38. The summed E-state index contributed by atoms with van der Waals surface area (Å²) in [5.41, 5.74) is 11.1. The molecule has 1 heterocycles. The highest BCUT2D eigenvalue weighted by molar-refractivity contribution is 5.75. The third-order valence-electron chi connectivity index (χ3n) is 3.63. The normalized spacial score (nSPS) is 10.9. The van der Waals surface area contributed by atoms with Crippen molar-refractivity contribution in [3.8, 4) is 17.0 Å². The molecule has 0 unspecified atom stereocenters. The molecule has 4 nitrogen and oxygen atoms in total. The lowest BCUT2D eigenvalue weighted by molar-refractivity contribution is 0.412. The van der Waals surface area contributed by atoms with Gasteiger partial charge in [0.05, 0.1) is 12.8 Å². The maximum Gasteiger partial charge on any atom is 0.131 e. The molecule has 0 saturated heterocycles. The summed E-state index contributed by atoms with van der Waals surface area (Å²) in [7, 11) is 1.69. The molecular formula is C16H21N3O. The molecule has 1 aromatic heterocycles. The van der Waals surface area contributed by atoms with Gasteiger partial charge in [-0.15, -0.1) is 0 Å². The molecule has 2 N–H and O–H groups in total. The second-order valence-corrected chi connectivity index (χ2v) is 5.26. The lowest BCUT2D eigenvalue weighted by atomic mass is 9.94. The molecule has 0 aliphatic carbocycles. The van der Waals surface area contributed by atoms with Gasteiger partial charge in [-0.3, -0.25) is 0 Å². The van der Waals surface area contributed by atoms with Crippen molar-refractivity contribution < 1.29 is 4.74 Å². The molecule has 20 heavy (non-hydrogen) atoms. The fraction of sp³-hybridized carbons (Fsp3) is 0.375. The van der Waals surface area contributed by atoms with Gasteiger partial charge in [-0.25, -0.2) is 9.97 Å². The topological polar surface area (TPSA) is 61.0 Å². The molecule has 0 fully saturated rings. The molecule has 4 heteroatoms. The second kappa shape index (κ2) is 5.49. The lowest BCUT2D eigenvalue weighted by Crippen LogP contribution is -2.05. The van der Waals surface area contributed by atoms with E-state index in [2.05, 4.69) is 43.7 Å². The van der Waals surface area contributed by atoms with Crippen molar-refractivity contribution in [1.82, 2.24) is 9.97 Å². The predicted molar refractivity (Wildman–Crippen MR) is 82.0 cm³/mol. The van der Waals surface area contributed by atoms with E-state index in [1.807, 2.05) is 6.07 Å². The van der Waals surface area contributed by atoms with Crippen LogP contribution in [0.1, 0.15) is 36.5 Å². The van der Waals surface area contributed by atoms with Crippen molar-refractivity contribution in [2.24, 2.45) is 0 Å². The fourth-order valence-electron chi connectivity index (χ4n) is 2.43. The van der Waals surface area contributed by atoms with E-state index in [1.165, 1.54) is 11.9 Å². The largest absolute Gasteiger partial charge is 0.496 e. The quantitative estimate of drug-likeness (QED) is 0.928. The average molecular weight is 271 g/mol. The van der Waals surface area contributed by atoms with Crippen molar-refractivity contribution >= 4 is 5.82 Å². The van der Waals surface area contributed by atoms with Gasteiger partial charge >= 0.3 is 0 Å². The number of nitrogens with two attached hydrogens (primary N) is 1. The van der Waals surface area contributed by atoms with Crippen LogP contribution in [0.15, 0.2) is 18.5 Å². The maximum absolute atomic E-state index is 6.03. The van der Waals surface area contributed by atoms with E-state index in [4.69, 9.17) is 10.5 Å². The molecule has 0 aliphatic rings. The summed E-state index contributed by atoms with van der Waals surface area (Å²) in [6.45, 7) is 8.30. The molecule has 0 radical (unpaired) electrons. The summed E-state index contributed by atoms with van der Waals surface area (Å²) in [4.78, 5) is 8.55. The summed E-state index contributed by atoms with van der Waals surface area (Å²) < 4.78 is 5.58. The van der Waals surface area contributed by atoms with Crippen LogP contribution >= 0.6 is 0 Å². The van der Waals surface area contributed by atoms with Gasteiger partial charge in [0, 0.05) is 11.1 Å². The number of ether oxygens (including phenoxy) is 1. The molecule has 106 valence electrons. The van der Waals surface area contributed by atoms with Gasteiger partial charge in [0.2, 0.25) is 0 Å². The Bertz CT molecular complexity index is 636. The fourth-order valence-corrected chi connectivity index (χ4v) is 2.43. The predicted octanol–water partition coefficient (Wildman–Crippen LogP) is 3.47. The average Bonchev–Trinajstić information content (AvgIpc) is 2.41. The zero-order chi connectivity index (χ0) is 14.9. The van der Waals surface area contributed by atoms with E-state index < -0.39 is 0 Å². The van der Waals surface area contributed by atoms with Crippen LogP contribution in [0.2, 0.25) is 0 Å². The van der Waals surface area contributed by atoms with Crippen molar-refractivity contribution in [3.63, 3.8) is 0 Å². The Kier molecular flexibility index (Phi) is 3.93. The number of methoxy groups -OCH3 is 1. The Morgan fingerprint density at radius 3 is 2.45 bits per heavy atom. The number of anilines is 1. The van der Waals surface area contributed by atoms with Gasteiger partial charge in [0.15, 0.2) is 0 Å². The van der Waals surface area contributed by atoms with Gasteiger partial charge in [-0.05, 0) is 37.0 Å². The minimum atomic E-state index is 0.248. The minimum absolute atomic E-state index is 0.248. The van der Waals surface area contributed by atoms with Crippen LogP contribution < -0.4 is 10.5 Å². The first-order valence-electron chi connectivity index (χ1n) is 6.72. The number of nitrogens with zero attached hydrogens (tertiary/aromatic N) is 2. The van der Waals surface area contributed by atoms with Gasteiger partial charge in [-0.1, -0.05) is 19.9 Å². The highest BCUT2D eigenvalue weighted by Gasteiger charge is 2.19. The number of aromatic nitrogens is 2. The monoisotopic (exact) mass is 271 g/mol. The molecule has 0 amide bonds. The van der Waals surface area contributed by atoms with E-state index in [1.54, 1.807) is 7.11 Å². The number of hydrogen-bond donors (Lipinski definition) is 1. The third kappa shape index (κ3) is 2.33. The van der Waals surface area contributed by atoms with Crippen LogP contribution in [0, 0.1) is 13.8 Å². The van der Waals surface area contributed by atoms with Crippen LogP contribution in [-0.4, -0.2) is 17.1 Å². The SMILES string of the molecule is COc1c(-c2ncnc(N)c2C(C)C)ccc(C)c1C.